The molecule has 0 saturated heterocycles. The van der Waals surface area contributed by atoms with Gasteiger partial charge in [0.25, 0.3) is 0 Å². The topological polar surface area (TPSA) is 88.1 Å². The van der Waals surface area contributed by atoms with E-state index in [-0.39, 0.29) is 4.90 Å². The van der Waals surface area contributed by atoms with Gasteiger partial charge in [0.1, 0.15) is 5.75 Å². The number of ether oxygens (including phenoxy) is 2. The Morgan fingerprint density at radius 1 is 0.914 bits per heavy atom. The van der Waals surface area contributed by atoms with E-state index >= 15 is 0 Å². The first-order valence-corrected chi connectivity index (χ1v) is 12.3. The van der Waals surface area contributed by atoms with Gasteiger partial charge in [-0.15, -0.1) is 13.2 Å². The largest absolute Gasteiger partial charge is 0.573 e. The van der Waals surface area contributed by atoms with Crippen molar-refractivity contribution < 1.29 is 36.2 Å². The molecule has 3 atom stereocenters. The highest BCUT2D eigenvalue weighted by atomic mass is 32.2. The first kappa shape index (κ1) is 23.5. The number of fused-ring (bicyclic) bond motifs is 2. The molecular formula is C24H21F3N2O5S. The maximum absolute atomic E-state index is 12.9. The average molecular weight is 507 g/mol. The standard InChI is InChI=1S/C24H21F3N2O5S/c25-24(26,27)34-15-9-11-16(12-10-15)35(31,32)28-17-13-14-20(23(17)30)29-18-5-1-3-7-21(18)33-22-8-4-2-6-19(22)29/h1-12,17,20,23,28,30H,13-14H2/t17?,20?,23-/m0/s1. The first-order chi connectivity index (χ1) is 16.6. The molecule has 7 nitrogen and oxygen atoms in total. The molecule has 2 unspecified atom stereocenters. The minimum atomic E-state index is -4.88. The van der Waals surface area contributed by atoms with Gasteiger partial charge in [0.15, 0.2) is 11.5 Å². The van der Waals surface area contributed by atoms with E-state index in [1.54, 1.807) is 0 Å². The van der Waals surface area contributed by atoms with E-state index in [1.165, 1.54) is 0 Å². The second kappa shape index (κ2) is 8.74. The summed E-state index contributed by atoms with van der Waals surface area (Å²) in [5, 5.41) is 11.2. The lowest BCUT2D eigenvalue weighted by atomic mass is 10.1. The number of para-hydroxylation sites is 4. The van der Waals surface area contributed by atoms with Crippen LogP contribution in [0.2, 0.25) is 0 Å². The third-order valence-corrected chi connectivity index (χ3v) is 7.56. The maximum Gasteiger partial charge on any atom is 0.573 e. The number of benzene rings is 3. The highest BCUT2D eigenvalue weighted by molar-refractivity contribution is 7.89. The summed E-state index contributed by atoms with van der Waals surface area (Å²) in [5.74, 6) is 0.731. The predicted octanol–water partition coefficient (Wildman–Crippen LogP) is 4.70. The van der Waals surface area contributed by atoms with Crippen molar-refractivity contribution in [3.05, 3.63) is 72.8 Å². The Labute approximate surface area is 199 Å². The highest BCUT2D eigenvalue weighted by Gasteiger charge is 2.43. The number of halogens is 3. The number of aliphatic hydroxyl groups excluding tert-OH is 1. The number of alkyl halides is 3. The summed E-state index contributed by atoms with van der Waals surface area (Å²) >= 11 is 0. The van der Waals surface area contributed by atoms with Crippen molar-refractivity contribution in [2.75, 3.05) is 4.90 Å². The predicted molar refractivity (Wildman–Crippen MR) is 121 cm³/mol. The monoisotopic (exact) mass is 506 g/mol. The second-order valence-electron chi connectivity index (χ2n) is 8.29. The molecule has 1 heterocycles. The molecule has 1 fully saturated rings. The summed E-state index contributed by atoms with van der Waals surface area (Å²) < 4.78 is 75.2. The zero-order chi connectivity index (χ0) is 24.8. The first-order valence-electron chi connectivity index (χ1n) is 10.8. The Hall–Kier alpha value is -3.28. The van der Waals surface area contributed by atoms with Crippen molar-refractivity contribution in [3.8, 4) is 17.2 Å². The van der Waals surface area contributed by atoms with Crippen molar-refractivity contribution in [2.45, 2.75) is 42.3 Å². The number of hydrogen-bond acceptors (Lipinski definition) is 6. The van der Waals surface area contributed by atoms with Crippen LogP contribution in [-0.2, 0) is 10.0 Å². The van der Waals surface area contributed by atoms with Crippen LogP contribution in [0.15, 0.2) is 77.7 Å². The number of aliphatic hydroxyl groups is 1. The Kier molecular flexibility index (Phi) is 5.86. The van der Waals surface area contributed by atoms with Crippen molar-refractivity contribution in [1.29, 1.82) is 0 Å². The van der Waals surface area contributed by atoms with Crippen LogP contribution in [0.1, 0.15) is 12.8 Å². The van der Waals surface area contributed by atoms with Gasteiger partial charge in [0, 0.05) is 0 Å². The molecule has 11 heteroatoms. The summed E-state index contributed by atoms with van der Waals surface area (Å²) in [7, 11) is -4.10. The van der Waals surface area contributed by atoms with E-state index in [4.69, 9.17) is 4.74 Å². The van der Waals surface area contributed by atoms with Gasteiger partial charge in [-0.3, -0.25) is 0 Å². The number of sulfonamides is 1. The van der Waals surface area contributed by atoms with Gasteiger partial charge in [-0.25, -0.2) is 13.1 Å². The molecule has 3 aromatic carbocycles. The summed E-state index contributed by atoms with van der Waals surface area (Å²) in [5.41, 5.74) is 1.53. The van der Waals surface area contributed by atoms with E-state index < -0.39 is 40.3 Å². The minimum absolute atomic E-state index is 0.232. The molecular weight excluding hydrogens is 485 g/mol. The SMILES string of the molecule is O=S(=O)(NC1CCC(N2c3ccccc3Oc3ccccc32)[C@H]1O)c1ccc(OC(F)(F)F)cc1. The molecule has 3 aromatic rings. The van der Waals surface area contributed by atoms with Crippen LogP contribution in [0.3, 0.4) is 0 Å². The molecule has 1 aliphatic carbocycles. The molecule has 1 aliphatic heterocycles. The average Bonchev–Trinajstić information content (AvgIpc) is 3.15. The zero-order valence-electron chi connectivity index (χ0n) is 18.1. The van der Waals surface area contributed by atoms with Crippen LogP contribution >= 0.6 is 0 Å². The third-order valence-electron chi connectivity index (χ3n) is 6.06. The molecule has 0 amide bonds. The maximum atomic E-state index is 12.9. The molecule has 35 heavy (non-hydrogen) atoms. The third kappa shape index (κ3) is 4.66. The fourth-order valence-corrected chi connectivity index (χ4v) is 5.84. The minimum Gasteiger partial charge on any atom is -0.453 e. The lowest BCUT2D eigenvalue weighted by molar-refractivity contribution is -0.274. The van der Waals surface area contributed by atoms with Gasteiger partial charge in [-0.2, -0.15) is 0 Å². The summed E-state index contributed by atoms with van der Waals surface area (Å²) in [6.07, 6.45) is -5.08. The molecule has 0 radical (unpaired) electrons. The fourth-order valence-electron chi connectivity index (χ4n) is 4.55. The van der Waals surface area contributed by atoms with Crippen molar-refractivity contribution in [3.63, 3.8) is 0 Å². The van der Waals surface area contributed by atoms with Gasteiger partial charge < -0.3 is 19.5 Å². The number of anilines is 2. The summed E-state index contributed by atoms with van der Waals surface area (Å²) in [6, 6.07) is 17.5. The number of nitrogens with zero attached hydrogens (tertiary/aromatic N) is 1. The van der Waals surface area contributed by atoms with Crippen LogP contribution in [0.4, 0.5) is 24.5 Å². The van der Waals surface area contributed by atoms with E-state index in [2.05, 4.69) is 9.46 Å². The molecule has 0 bridgehead atoms. The fraction of sp³-hybridized carbons (Fsp3) is 0.250. The van der Waals surface area contributed by atoms with Crippen molar-refractivity contribution >= 4 is 21.4 Å². The number of nitrogens with one attached hydrogen (secondary N) is 1. The van der Waals surface area contributed by atoms with Gasteiger partial charge in [-0.05, 0) is 61.4 Å². The molecule has 5 rings (SSSR count). The number of rotatable bonds is 5. The summed E-state index contributed by atoms with van der Waals surface area (Å²) in [4.78, 5) is 1.74. The van der Waals surface area contributed by atoms with Crippen molar-refractivity contribution in [1.82, 2.24) is 4.72 Å². The lowest BCUT2D eigenvalue weighted by Gasteiger charge is -2.38. The van der Waals surface area contributed by atoms with Crippen molar-refractivity contribution in [2.24, 2.45) is 0 Å². The molecule has 0 spiro atoms. The summed E-state index contributed by atoms with van der Waals surface area (Å²) in [6.45, 7) is 0. The van der Waals surface area contributed by atoms with Gasteiger partial charge in [0.2, 0.25) is 10.0 Å². The Morgan fingerprint density at radius 3 is 2.06 bits per heavy atom. The van der Waals surface area contributed by atoms with Crippen LogP contribution < -0.4 is 19.1 Å². The lowest BCUT2D eigenvalue weighted by Crippen LogP contribution is -2.47. The van der Waals surface area contributed by atoms with Crippen LogP contribution in [0, 0.1) is 0 Å². The van der Waals surface area contributed by atoms with E-state index in [1.807, 2.05) is 53.4 Å². The van der Waals surface area contributed by atoms with E-state index in [0.29, 0.717) is 24.3 Å². The van der Waals surface area contributed by atoms with Crippen LogP contribution in [0.5, 0.6) is 17.2 Å². The van der Waals surface area contributed by atoms with Gasteiger partial charge in [-0.1, -0.05) is 24.3 Å². The highest BCUT2D eigenvalue weighted by Crippen LogP contribution is 2.49. The Bertz CT molecular complexity index is 1290. The van der Waals surface area contributed by atoms with Gasteiger partial charge in [0.05, 0.1) is 34.5 Å². The second-order valence-corrected chi connectivity index (χ2v) is 10.0. The number of hydrogen-bond donors (Lipinski definition) is 2. The molecule has 2 N–H and O–H groups in total. The molecule has 1 saturated carbocycles. The zero-order valence-corrected chi connectivity index (χ0v) is 19.0. The quantitative estimate of drug-likeness (QED) is 0.522. The smallest absolute Gasteiger partial charge is 0.453 e. The normalized spacial score (nSPS) is 21.7. The van der Waals surface area contributed by atoms with Gasteiger partial charge >= 0.3 is 6.36 Å². The van der Waals surface area contributed by atoms with E-state index in [9.17, 15) is 26.7 Å². The van der Waals surface area contributed by atoms with Crippen LogP contribution in [-0.4, -0.2) is 38.1 Å². The Morgan fingerprint density at radius 2 is 1.49 bits per heavy atom. The molecule has 0 aromatic heterocycles. The Balaban J connectivity index is 1.37. The van der Waals surface area contributed by atoms with E-state index in [0.717, 1.165) is 35.6 Å². The van der Waals surface area contributed by atoms with Crippen LogP contribution in [0.25, 0.3) is 0 Å². The molecule has 184 valence electrons. The molecule has 2 aliphatic rings.